The van der Waals surface area contributed by atoms with Crippen LogP contribution in [0.2, 0.25) is 0 Å². The maximum Gasteiger partial charge on any atom is 0.250 e. The van der Waals surface area contributed by atoms with Crippen LogP contribution in [-0.2, 0) is 19.1 Å². The Morgan fingerprint density at radius 3 is 2.68 bits per heavy atom. The van der Waals surface area contributed by atoms with Crippen molar-refractivity contribution in [3.8, 4) is 0 Å². The van der Waals surface area contributed by atoms with Crippen LogP contribution in [0, 0.1) is 5.92 Å². The number of morpholine rings is 1. The Bertz CT molecular complexity index is 657. The van der Waals surface area contributed by atoms with Crippen LogP contribution in [0.5, 0.6) is 0 Å². The minimum absolute atomic E-state index is 0.0119. The highest BCUT2D eigenvalue weighted by Crippen LogP contribution is 2.30. The highest BCUT2D eigenvalue weighted by molar-refractivity contribution is 5.91. The van der Waals surface area contributed by atoms with E-state index in [9.17, 15) is 14.7 Å². The molecule has 1 saturated carbocycles. The minimum Gasteiger partial charge on any atom is -0.386 e. The number of nitrogens with zero attached hydrogens (tertiary/aromatic N) is 1. The standard InChI is InChI=1S/C21H30N2O5/c1-27-13-19(24)22-17-9-7-16(8-10-17)21(26)18-12-28-14-20(25)23(18)11-15-5-3-2-4-6-15/h7-10,15,18,21,26H,2-6,11-14H2,1H3,(H,22,24)/t18-,21-/m1/s1. The fourth-order valence-corrected chi connectivity index (χ4v) is 4.09. The van der Waals surface area contributed by atoms with Gasteiger partial charge in [-0.15, -0.1) is 0 Å². The van der Waals surface area contributed by atoms with Crippen molar-refractivity contribution in [2.45, 2.75) is 44.2 Å². The quantitative estimate of drug-likeness (QED) is 0.745. The molecule has 28 heavy (non-hydrogen) atoms. The van der Waals surface area contributed by atoms with E-state index in [4.69, 9.17) is 9.47 Å². The highest BCUT2D eigenvalue weighted by Gasteiger charge is 2.36. The number of carbonyl (C=O) groups is 2. The summed E-state index contributed by atoms with van der Waals surface area (Å²) in [5.41, 5.74) is 1.33. The molecule has 154 valence electrons. The van der Waals surface area contributed by atoms with Gasteiger partial charge >= 0.3 is 0 Å². The molecule has 0 aromatic heterocycles. The van der Waals surface area contributed by atoms with Crippen LogP contribution in [0.1, 0.15) is 43.8 Å². The lowest BCUT2D eigenvalue weighted by molar-refractivity contribution is -0.155. The fourth-order valence-electron chi connectivity index (χ4n) is 4.09. The first-order valence-electron chi connectivity index (χ1n) is 10.0. The molecule has 3 rings (SSSR count). The number of aliphatic hydroxyl groups is 1. The van der Waals surface area contributed by atoms with Crippen molar-refractivity contribution in [2.24, 2.45) is 5.92 Å². The number of ether oxygens (including phenoxy) is 2. The summed E-state index contributed by atoms with van der Waals surface area (Å²) >= 11 is 0. The molecule has 1 saturated heterocycles. The number of carbonyl (C=O) groups excluding carboxylic acids is 2. The van der Waals surface area contributed by atoms with E-state index < -0.39 is 12.1 Å². The third-order valence-corrected chi connectivity index (χ3v) is 5.59. The molecule has 2 fully saturated rings. The summed E-state index contributed by atoms with van der Waals surface area (Å²) in [7, 11) is 1.46. The van der Waals surface area contributed by atoms with Crippen molar-refractivity contribution in [3.63, 3.8) is 0 Å². The van der Waals surface area contributed by atoms with Crippen molar-refractivity contribution >= 4 is 17.5 Å². The van der Waals surface area contributed by atoms with E-state index in [1.165, 1.54) is 26.4 Å². The molecule has 1 aliphatic heterocycles. The van der Waals surface area contributed by atoms with Crippen LogP contribution in [0.3, 0.4) is 0 Å². The summed E-state index contributed by atoms with van der Waals surface area (Å²) in [6, 6.07) is 6.62. The first-order chi connectivity index (χ1) is 13.6. The first kappa shape index (κ1) is 20.8. The number of anilines is 1. The van der Waals surface area contributed by atoms with Crippen molar-refractivity contribution in [3.05, 3.63) is 29.8 Å². The van der Waals surface area contributed by atoms with Crippen molar-refractivity contribution < 1.29 is 24.2 Å². The van der Waals surface area contributed by atoms with Crippen LogP contribution in [0.25, 0.3) is 0 Å². The highest BCUT2D eigenvalue weighted by atomic mass is 16.5. The number of amides is 2. The van der Waals surface area contributed by atoms with Crippen LogP contribution in [0.15, 0.2) is 24.3 Å². The second kappa shape index (κ2) is 10.0. The number of hydrogen-bond acceptors (Lipinski definition) is 5. The average Bonchev–Trinajstić information content (AvgIpc) is 2.70. The smallest absolute Gasteiger partial charge is 0.250 e. The maximum absolute atomic E-state index is 12.5. The summed E-state index contributed by atoms with van der Waals surface area (Å²) in [4.78, 5) is 25.9. The number of aliphatic hydroxyl groups excluding tert-OH is 1. The van der Waals surface area contributed by atoms with Crippen molar-refractivity contribution in [1.29, 1.82) is 0 Å². The summed E-state index contributed by atoms with van der Waals surface area (Å²) in [6.07, 6.45) is 5.15. The number of benzene rings is 1. The van der Waals surface area contributed by atoms with E-state index in [0.717, 1.165) is 12.8 Å². The monoisotopic (exact) mass is 390 g/mol. The number of nitrogens with one attached hydrogen (secondary N) is 1. The number of methoxy groups -OCH3 is 1. The average molecular weight is 390 g/mol. The van der Waals surface area contributed by atoms with Gasteiger partial charge in [-0.1, -0.05) is 31.4 Å². The van der Waals surface area contributed by atoms with Crippen molar-refractivity contribution in [1.82, 2.24) is 4.90 Å². The molecule has 1 aromatic carbocycles. The van der Waals surface area contributed by atoms with E-state index in [-0.39, 0.29) is 25.0 Å². The molecule has 7 heteroatoms. The SMILES string of the molecule is COCC(=O)Nc1ccc([C@@H](O)[C@H]2COCC(=O)N2CC2CCCCC2)cc1. The molecule has 7 nitrogen and oxygen atoms in total. The largest absolute Gasteiger partial charge is 0.386 e. The van der Waals surface area contributed by atoms with Gasteiger partial charge in [0.05, 0.1) is 12.6 Å². The van der Waals surface area contributed by atoms with Crippen LogP contribution in [0.4, 0.5) is 5.69 Å². The molecular formula is C21H30N2O5. The Hall–Kier alpha value is -1.96. The van der Waals surface area contributed by atoms with Gasteiger partial charge in [-0.05, 0) is 36.5 Å². The molecule has 1 aliphatic carbocycles. The predicted octanol–water partition coefficient (Wildman–Crippen LogP) is 2.11. The Morgan fingerprint density at radius 1 is 1.29 bits per heavy atom. The zero-order valence-electron chi connectivity index (χ0n) is 16.4. The lowest BCUT2D eigenvalue weighted by Gasteiger charge is -2.40. The molecule has 0 unspecified atom stereocenters. The zero-order chi connectivity index (χ0) is 19.9. The molecule has 0 spiro atoms. The van der Waals surface area contributed by atoms with Crippen LogP contribution < -0.4 is 5.32 Å². The third kappa shape index (κ3) is 5.31. The third-order valence-electron chi connectivity index (χ3n) is 5.59. The van der Waals surface area contributed by atoms with E-state index in [2.05, 4.69) is 5.32 Å². The maximum atomic E-state index is 12.5. The Kier molecular flexibility index (Phi) is 7.42. The Balaban J connectivity index is 1.66. The van der Waals surface area contributed by atoms with Gasteiger partial charge in [0.2, 0.25) is 11.8 Å². The summed E-state index contributed by atoms with van der Waals surface area (Å²) in [5, 5.41) is 13.7. The van der Waals surface area contributed by atoms with Gasteiger partial charge in [0, 0.05) is 19.3 Å². The van der Waals surface area contributed by atoms with E-state index in [1.54, 1.807) is 24.3 Å². The molecular weight excluding hydrogens is 360 g/mol. The number of rotatable bonds is 7. The molecule has 0 radical (unpaired) electrons. The lowest BCUT2D eigenvalue weighted by Crippen LogP contribution is -2.53. The van der Waals surface area contributed by atoms with E-state index in [0.29, 0.717) is 30.3 Å². The van der Waals surface area contributed by atoms with Crippen LogP contribution >= 0.6 is 0 Å². The van der Waals surface area contributed by atoms with E-state index in [1.807, 2.05) is 4.90 Å². The predicted molar refractivity (Wildman–Crippen MR) is 105 cm³/mol. The zero-order valence-corrected chi connectivity index (χ0v) is 16.4. The first-order valence-corrected chi connectivity index (χ1v) is 10.0. The second-order valence-corrected chi connectivity index (χ2v) is 7.68. The Labute approximate surface area is 166 Å². The molecule has 2 amide bonds. The minimum atomic E-state index is -0.837. The van der Waals surface area contributed by atoms with E-state index >= 15 is 0 Å². The molecule has 1 aromatic rings. The van der Waals surface area contributed by atoms with Gasteiger partial charge in [-0.2, -0.15) is 0 Å². The molecule has 2 aliphatic rings. The van der Waals surface area contributed by atoms with Crippen LogP contribution in [-0.4, -0.2) is 61.3 Å². The molecule has 0 bridgehead atoms. The van der Waals surface area contributed by atoms with Gasteiger partial charge < -0.3 is 24.8 Å². The van der Waals surface area contributed by atoms with Gasteiger partial charge in [-0.3, -0.25) is 9.59 Å². The van der Waals surface area contributed by atoms with Gasteiger partial charge in [0.1, 0.15) is 19.3 Å². The normalized spacial score (nSPS) is 22.1. The topological polar surface area (TPSA) is 88.1 Å². The molecule has 2 atom stereocenters. The van der Waals surface area contributed by atoms with Gasteiger partial charge in [0.15, 0.2) is 0 Å². The fraction of sp³-hybridized carbons (Fsp3) is 0.619. The molecule has 1 heterocycles. The number of hydrogen-bond donors (Lipinski definition) is 2. The lowest BCUT2D eigenvalue weighted by atomic mass is 9.88. The summed E-state index contributed by atoms with van der Waals surface area (Å²) in [6.45, 7) is 1.09. The van der Waals surface area contributed by atoms with Gasteiger partial charge in [0.25, 0.3) is 0 Å². The van der Waals surface area contributed by atoms with Crippen molar-refractivity contribution in [2.75, 3.05) is 38.8 Å². The summed E-state index contributed by atoms with van der Waals surface area (Å²) in [5.74, 6) is 0.217. The van der Waals surface area contributed by atoms with Gasteiger partial charge in [-0.25, -0.2) is 0 Å². The molecule has 2 N–H and O–H groups in total. The Morgan fingerprint density at radius 2 is 2.00 bits per heavy atom. The second-order valence-electron chi connectivity index (χ2n) is 7.68. The summed E-state index contributed by atoms with van der Waals surface area (Å²) < 4.78 is 10.2.